The fourth-order valence-electron chi connectivity index (χ4n) is 0.466. The van der Waals surface area contributed by atoms with Gasteiger partial charge in [0.2, 0.25) is 0 Å². The Morgan fingerprint density at radius 2 is 1.91 bits per heavy atom. The van der Waals surface area contributed by atoms with E-state index in [1.807, 2.05) is 0 Å². The van der Waals surface area contributed by atoms with E-state index in [2.05, 4.69) is 0 Å². The zero-order valence-corrected chi connectivity index (χ0v) is 6.37. The Bertz CT molecular complexity index is 157. The van der Waals surface area contributed by atoms with Crippen LogP contribution in [-0.4, -0.2) is 38.4 Å². The van der Waals surface area contributed by atoms with Crippen molar-refractivity contribution < 1.29 is 24.9 Å². The van der Waals surface area contributed by atoms with Crippen molar-refractivity contribution in [2.24, 2.45) is 0 Å². The van der Waals surface area contributed by atoms with Crippen LogP contribution < -0.4 is 0 Å². The van der Waals surface area contributed by atoms with Gasteiger partial charge in [0.05, 0.1) is 12.4 Å². The van der Waals surface area contributed by atoms with Crippen molar-refractivity contribution >= 4 is 23.7 Å². The molecule has 1 atom stereocenters. The maximum atomic E-state index is 10.2. The van der Waals surface area contributed by atoms with E-state index in [9.17, 15) is 9.59 Å². The lowest BCUT2D eigenvalue weighted by atomic mass is 10.3. The molecule has 0 bridgehead atoms. The van der Waals surface area contributed by atoms with Gasteiger partial charge >= 0.3 is 11.9 Å². The van der Waals surface area contributed by atoms with Crippen molar-refractivity contribution in [2.75, 3.05) is 5.94 Å². The highest BCUT2D eigenvalue weighted by Gasteiger charge is 2.20. The molecule has 3 N–H and O–H groups in total. The quantitative estimate of drug-likeness (QED) is 0.498. The second-order valence-electron chi connectivity index (χ2n) is 1.72. The predicted molar refractivity (Wildman–Crippen MR) is 38.4 cm³/mol. The van der Waals surface area contributed by atoms with E-state index in [1.54, 1.807) is 0 Å². The standard InChI is InChI=1S/C5H8O5S/c6-2-11-3(5(9)10)1-4(7)8/h3,6H,1-2H2,(H,7,8)(H,9,10). The van der Waals surface area contributed by atoms with E-state index in [-0.39, 0.29) is 5.94 Å². The molecule has 0 spiro atoms. The first-order chi connectivity index (χ1) is 5.07. The summed E-state index contributed by atoms with van der Waals surface area (Å²) in [5.74, 6) is -2.78. The zero-order valence-electron chi connectivity index (χ0n) is 5.56. The van der Waals surface area contributed by atoms with Crippen LogP contribution in [0.5, 0.6) is 0 Å². The topological polar surface area (TPSA) is 94.8 Å². The summed E-state index contributed by atoms with van der Waals surface area (Å²) < 4.78 is 0. The smallest absolute Gasteiger partial charge is 0.317 e. The van der Waals surface area contributed by atoms with E-state index >= 15 is 0 Å². The van der Waals surface area contributed by atoms with Gasteiger partial charge in [0, 0.05) is 0 Å². The zero-order chi connectivity index (χ0) is 8.85. The Balaban J connectivity index is 3.89. The van der Waals surface area contributed by atoms with Gasteiger partial charge in [0.1, 0.15) is 5.25 Å². The molecule has 0 heterocycles. The van der Waals surface area contributed by atoms with Crippen LogP contribution in [0.3, 0.4) is 0 Å². The van der Waals surface area contributed by atoms with Crippen LogP contribution in [0.25, 0.3) is 0 Å². The number of aliphatic hydroxyl groups is 1. The molecule has 0 saturated heterocycles. The third-order valence-electron chi connectivity index (χ3n) is 0.911. The minimum absolute atomic E-state index is 0.385. The van der Waals surface area contributed by atoms with Crippen LogP contribution in [0.2, 0.25) is 0 Å². The summed E-state index contributed by atoms with van der Waals surface area (Å²) >= 11 is 0.688. The van der Waals surface area contributed by atoms with Crippen molar-refractivity contribution in [3.05, 3.63) is 0 Å². The Kier molecular flexibility index (Phi) is 4.64. The normalized spacial score (nSPS) is 12.5. The first kappa shape index (κ1) is 10.2. The summed E-state index contributed by atoms with van der Waals surface area (Å²) in [7, 11) is 0. The predicted octanol–water partition coefficient (Wildman–Crippen LogP) is -0.403. The summed E-state index contributed by atoms with van der Waals surface area (Å²) in [6.45, 7) is 0. The molecule has 0 amide bonds. The number of carbonyl (C=O) groups is 2. The molecule has 6 heteroatoms. The second-order valence-corrected chi connectivity index (χ2v) is 2.88. The molecule has 0 rings (SSSR count). The highest BCUT2D eigenvalue weighted by Crippen LogP contribution is 2.13. The van der Waals surface area contributed by atoms with Crippen LogP contribution >= 0.6 is 11.8 Å². The fraction of sp³-hybridized carbons (Fsp3) is 0.600. The number of carboxylic acids is 2. The van der Waals surface area contributed by atoms with Gasteiger partial charge in [-0.05, 0) is 0 Å². The summed E-state index contributed by atoms with van der Waals surface area (Å²) in [5, 5.41) is 23.8. The summed E-state index contributed by atoms with van der Waals surface area (Å²) in [5.41, 5.74) is 0. The lowest BCUT2D eigenvalue weighted by molar-refractivity contribution is -0.142. The van der Waals surface area contributed by atoms with E-state index in [0.717, 1.165) is 0 Å². The Hall–Kier alpha value is -0.750. The van der Waals surface area contributed by atoms with Crippen LogP contribution in [0, 0.1) is 0 Å². The average Bonchev–Trinajstić information content (AvgIpc) is 1.86. The minimum Gasteiger partial charge on any atom is -0.481 e. The monoisotopic (exact) mass is 180 g/mol. The Morgan fingerprint density at radius 3 is 2.18 bits per heavy atom. The summed E-state index contributed by atoms with van der Waals surface area (Å²) in [6, 6.07) is 0. The summed E-state index contributed by atoms with van der Waals surface area (Å²) in [6.07, 6.45) is -0.472. The van der Waals surface area contributed by atoms with Crippen LogP contribution in [-0.2, 0) is 9.59 Å². The average molecular weight is 180 g/mol. The molecule has 64 valence electrons. The number of rotatable bonds is 5. The van der Waals surface area contributed by atoms with Gasteiger partial charge < -0.3 is 15.3 Å². The maximum Gasteiger partial charge on any atom is 0.317 e. The van der Waals surface area contributed by atoms with E-state index < -0.39 is 23.6 Å². The van der Waals surface area contributed by atoms with Gasteiger partial charge in [0.15, 0.2) is 0 Å². The highest BCUT2D eigenvalue weighted by atomic mass is 32.2. The molecule has 0 aromatic rings. The lowest BCUT2D eigenvalue weighted by Gasteiger charge is -2.05. The molecule has 0 fully saturated rings. The molecule has 11 heavy (non-hydrogen) atoms. The van der Waals surface area contributed by atoms with Gasteiger partial charge in [-0.2, -0.15) is 0 Å². The molecule has 0 aliphatic heterocycles. The number of aliphatic hydroxyl groups excluding tert-OH is 1. The number of hydrogen-bond donors (Lipinski definition) is 3. The van der Waals surface area contributed by atoms with E-state index in [4.69, 9.17) is 15.3 Å². The van der Waals surface area contributed by atoms with Crippen molar-refractivity contribution in [1.82, 2.24) is 0 Å². The van der Waals surface area contributed by atoms with Crippen LogP contribution in [0.4, 0.5) is 0 Å². The number of carboxylic acid groups (broad SMARTS) is 2. The molecule has 0 aromatic heterocycles. The summed E-state index contributed by atoms with van der Waals surface area (Å²) in [4.78, 5) is 20.3. The number of aliphatic carboxylic acids is 2. The Morgan fingerprint density at radius 1 is 1.36 bits per heavy atom. The first-order valence-electron chi connectivity index (χ1n) is 2.75. The molecule has 0 aliphatic rings. The fourth-order valence-corrected chi connectivity index (χ4v) is 1.05. The van der Waals surface area contributed by atoms with Gasteiger partial charge in [-0.1, -0.05) is 0 Å². The Labute approximate surface area is 67.0 Å². The SMILES string of the molecule is O=C(O)CC(SCO)C(=O)O. The first-order valence-corrected chi connectivity index (χ1v) is 3.80. The molecule has 0 radical (unpaired) electrons. The van der Waals surface area contributed by atoms with Gasteiger partial charge in [-0.3, -0.25) is 9.59 Å². The molecule has 1 unspecified atom stereocenters. The minimum atomic E-state index is -1.22. The number of hydrogen-bond acceptors (Lipinski definition) is 4. The third-order valence-corrected chi connectivity index (χ3v) is 1.83. The van der Waals surface area contributed by atoms with Crippen LogP contribution in [0.15, 0.2) is 0 Å². The third kappa shape index (κ3) is 4.63. The second kappa shape index (κ2) is 4.97. The van der Waals surface area contributed by atoms with Crippen LogP contribution in [0.1, 0.15) is 6.42 Å². The van der Waals surface area contributed by atoms with Crippen molar-refractivity contribution in [3.63, 3.8) is 0 Å². The molecule has 0 saturated carbocycles. The van der Waals surface area contributed by atoms with Crippen molar-refractivity contribution in [1.29, 1.82) is 0 Å². The molecular weight excluding hydrogens is 172 g/mol. The van der Waals surface area contributed by atoms with Gasteiger partial charge in [0.25, 0.3) is 0 Å². The van der Waals surface area contributed by atoms with E-state index in [0.29, 0.717) is 11.8 Å². The highest BCUT2D eigenvalue weighted by molar-refractivity contribution is 8.00. The molecule has 0 aromatic carbocycles. The van der Waals surface area contributed by atoms with Crippen molar-refractivity contribution in [2.45, 2.75) is 11.7 Å². The molecule has 0 aliphatic carbocycles. The molecular formula is C5H8O5S. The van der Waals surface area contributed by atoms with Gasteiger partial charge in [-0.15, -0.1) is 11.8 Å². The largest absolute Gasteiger partial charge is 0.481 e. The number of thioether (sulfide) groups is 1. The van der Waals surface area contributed by atoms with Gasteiger partial charge in [-0.25, -0.2) is 0 Å². The maximum absolute atomic E-state index is 10.2. The van der Waals surface area contributed by atoms with Crippen molar-refractivity contribution in [3.8, 4) is 0 Å². The van der Waals surface area contributed by atoms with E-state index in [1.165, 1.54) is 0 Å². The molecule has 5 nitrogen and oxygen atoms in total. The lowest BCUT2D eigenvalue weighted by Crippen LogP contribution is -2.20.